The van der Waals surface area contributed by atoms with Crippen LogP contribution in [0.4, 0.5) is 11.4 Å². The number of piperazine rings is 2. The van der Waals surface area contributed by atoms with Crippen molar-refractivity contribution in [1.29, 1.82) is 0 Å². The van der Waals surface area contributed by atoms with E-state index in [0.29, 0.717) is 0 Å². The lowest BCUT2D eigenvalue weighted by molar-refractivity contribution is 0.313. The van der Waals surface area contributed by atoms with Crippen LogP contribution in [0.2, 0.25) is 0 Å². The van der Waals surface area contributed by atoms with E-state index < -0.39 is 0 Å². The molecule has 8 heterocycles. The summed E-state index contributed by atoms with van der Waals surface area (Å²) in [7, 11) is 6.44. The molecular weight excluding hydrogens is 807 g/mol. The summed E-state index contributed by atoms with van der Waals surface area (Å²) in [6.07, 6.45) is 5.30. The Morgan fingerprint density at radius 1 is 0.554 bits per heavy atom. The quantitative estimate of drug-likeness (QED) is 0.112. The zero-order valence-electron chi connectivity index (χ0n) is 38.6. The topological polar surface area (TPSA) is 132 Å². The molecule has 5 aromatic heterocycles. The van der Waals surface area contributed by atoms with E-state index in [-0.39, 0.29) is 0 Å². The zero-order valence-corrected chi connectivity index (χ0v) is 38.6. The molecule has 0 atom stereocenters. The third kappa shape index (κ3) is 8.20. The number of aromatic amines is 4. The fraction of sp³-hybridized carbons (Fsp3) is 0.327. The summed E-state index contributed by atoms with van der Waals surface area (Å²) < 4.78 is 2.12. The molecule has 12 rings (SSSR count). The van der Waals surface area contributed by atoms with Crippen LogP contribution in [0.15, 0.2) is 97.2 Å². The number of nitrogens with one attached hydrogen (secondary N) is 5. The van der Waals surface area contributed by atoms with Crippen LogP contribution in [0.3, 0.4) is 0 Å². The summed E-state index contributed by atoms with van der Waals surface area (Å²) in [5.74, 6) is 1.000. The van der Waals surface area contributed by atoms with Crippen LogP contribution >= 0.6 is 0 Å². The van der Waals surface area contributed by atoms with Gasteiger partial charge in [0.05, 0.1) is 34.3 Å². The first-order valence-corrected chi connectivity index (χ1v) is 23.3. The van der Waals surface area contributed by atoms with Gasteiger partial charge in [-0.15, -0.1) is 0 Å². The second-order valence-corrected chi connectivity index (χ2v) is 17.5. The number of aromatic nitrogens is 8. The van der Waals surface area contributed by atoms with Crippen LogP contribution in [-0.4, -0.2) is 129 Å². The molecule has 13 nitrogen and oxygen atoms in total. The van der Waals surface area contributed by atoms with Crippen LogP contribution in [0.5, 0.6) is 0 Å². The van der Waals surface area contributed by atoms with Gasteiger partial charge < -0.3 is 39.5 Å². The van der Waals surface area contributed by atoms with E-state index in [2.05, 4.69) is 172 Å². The Kier molecular flexibility index (Phi) is 11.8. The van der Waals surface area contributed by atoms with Gasteiger partial charge in [0.1, 0.15) is 17.2 Å². The number of imidazole rings is 1. The van der Waals surface area contributed by atoms with Gasteiger partial charge in [-0.05, 0) is 106 Å². The molecule has 2 saturated heterocycles. The number of likely N-dealkylation sites (N-methyl/N-ethyl adjacent to an activating group) is 2. The maximum Gasteiger partial charge on any atom is 0.116 e. The molecule has 334 valence electrons. The first-order chi connectivity index (χ1) is 31.8. The van der Waals surface area contributed by atoms with E-state index in [4.69, 9.17) is 5.10 Å². The fourth-order valence-corrected chi connectivity index (χ4v) is 9.63. The van der Waals surface area contributed by atoms with Crippen molar-refractivity contribution in [3.8, 4) is 34.0 Å². The van der Waals surface area contributed by atoms with Crippen molar-refractivity contribution in [2.45, 2.75) is 27.2 Å². The van der Waals surface area contributed by atoms with Crippen molar-refractivity contribution in [3.63, 3.8) is 0 Å². The third-order valence-electron chi connectivity index (χ3n) is 13.6. The van der Waals surface area contributed by atoms with Crippen LogP contribution in [0.25, 0.3) is 83.2 Å². The molecule has 3 aliphatic rings. The van der Waals surface area contributed by atoms with Crippen molar-refractivity contribution in [2.24, 2.45) is 7.05 Å². The fourth-order valence-electron chi connectivity index (χ4n) is 9.63. The minimum absolute atomic E-state index is 0.946. The van der Waals surface area contributed by atoms with Crippen molar-refractivity contribution >= 4 is 60.6 Å². The van der Waals surface area contributed by atoms with E-state index in [1.54, 1.807) is 0 Å². The van der Waals surface area contributed by atoms with Crippen LogP contribution in [0, 0.1) is 6.92 Å². The first kappa shape index (κ1) is 42.3. The monoisotopic (exact) mass is 868 g/mol. The van der Waals surface area contributed by atoms with E-state index in [1.807, 2.05) is 27.0 Å². The Balaban J connectivity index is 0.000000148. The second-order valence-electron chi connectivity index (χ2n) is 17.5. The lowest BCUT2D eigenvalue weighted by Crippen LogP contribution is -2.44. The van der Waals surface area contributed by atoms with Gasteiger partial charge in [0.15, 0.2) is 0 Å². The normalized spacial score (nSPS) is 16.2. The lowest BCUT2D eigenvalue weighted by atomic mass is 9.98. The van der Waals surface area contributed by atoms with Crippen molar-refractivity contribution in [1.82, 2.24) is 55.0 Å². The number of H-pyrrole nitrogens is 4. The SMILES string of the molecule is CC.CN1CCN(c2cccc3[nH]c(-c4n[nH]c5ccc(C6=CCNCC6)cc45)cc23)CC1.Cc1ncc(-c2ccc3[nH]nc(-c4cc5c(N6CCN(C)CC6)cccc5[nH]4)c3c2)n1C. The number of nitrogens with zero attached hydrogens (tertiary/aromatic N) is 8. The van der Waals surface area contributed by atoms with Gasteiger partial charge in [0, 0.05) is 115 Å². The predicted molar refractivity (Wildman–Crippen MR) is 270 cm³/mol. The Morgan fingerprint density at radius 3 is 1.57 bits per heavy atom. The zero-order chi connectivity index (χ0) is 44.6. The molecule has 0 radical (unpaired) electrons. The number of aryl methyl sites for hydroxylation is 1. The molecule has 65 heavy (non-hydrogen) atoms. The van der Waals surface area contributed by atoms with Crippen LogP contribution in [-0.2, 0) is 7.05 Å². The van der Waals surface area contributed by atoms with E-state index in [1.165, 1.54) is 44.2 Å². The van der Waals surface area contributed by atoms with Gasteiger partial charge in [-0.3, -0.25) is 10.2 Å². The van der Waals surface area contributed by atoms with Crippen molar-refractivity contribution in [3.05, 3.63) is 109 Å². The van der Waals surface area contributed by atoms with E-state index >= 15 is 0 Å². The maximum atomic E-state index is 4.69. The molecular formula is C52H61N13. The summed E-state index contributed by atoms with van der Waals surface area (Å²) >= 11 is 0. The molecule has 13 heteroatoms. The maximum absolute atomic E-state index is 4.69. The molecule has 9 aromatic rings. The molecule has 0 saturated carbocycles. The molecule has 2 fully saturated rings. The third-order valence-corrected chi connectivity index (χ3v) is 13.6. The standard InChI is InChI=1S/C25H27N7.C25H28N6.C2H6/c1-16-26-15-24(31(16)3)17-7-8-21-19(13-17)25(29-28-21)22-14-18-20(27-22)5-4-6-23(18)32-11-9-30(2)10-12-32;1-30-11-13-31(14-12-30)24-4-2-3-21-19(24)16-23(27-21)25-20-15-18(5-6-22(20)28-29-25)17-7-9-26-10-8-17;1-2/h4-8,13-15,27H,9-12H2,1-3H3,(H,28,29);2-7,15-16,26-27H,8-14H2,1H3,(H,28,29);1-2H3. The van der Waals surface area contributed by atoms with Gasteiger partial charge in [-0.1, -0.05) is 44.2 Å². The highest BCUT2D eigenvalue weighted by atomic mass is 15.3. The molecule has 0 aliphatic carbocycles. The van der Waals surface area contributed by atoms with Crippen molar-refractivity contribution < 1.29 is 0 Å². The Labute approximate surface area is 380 Å². The molecule has 4 aromatic carbocycles. The van der Waals surface area contributed by atoms with Gasteiger partial charge in [-0.2, -0.15) is 10.2 Å². The summed E-state index contributed by atoms with van der Waals surface area (Å²) in [5.41, 5.74) is 16.0. The van der Waals surface area contributed by atoms with Gasteiger partial charge in [-0.25, -0.2) is 4.98 Å². The molecule has 3 aliphatic heterocycles. The summed E-state index contributed by atoms with van der Waals surface area (Å²) in [4.78, 5) is 21.5. The van der Waals surface area contributed by atoms with Gasteiger partial charge in [0.2, 0.25) is 0 Å². The number of hydrogen-bond donors (Lipinski definition) is 5. The van der Waals surface area contributed by atoms with Gasteiger partial charge in [0.25, 0.3) is 0 Å². The smallest absolute Gasteiger partial charge is 0.116 e. The minimum Gasteiger partial charge on any atom is -0.368 e. The summed E-state index contributed by atoms with van der Waals surface area (Å²) in [6.45, 7) is 16.6. The summed E-state index contributed by atoms with van der Waals surface area (Å²) in [5, 5.41) is 24.0. The van der Waals surface area contributed by atoms with Crippen LogP contribution in [0.1, 0.15) is 31.7 Å². The van der Waals surface area contributed by atoms with Crippen molar-refractivity contribution in [2.75, 3.05) is 89.3 Å². The highest BCUT2D eigenvalue weighted by Crippen LogP contribution is 2.37. The number of fused-ring (bicyclic) bond motifs is 4. The minimum atomic E-state index is 0.946. The Bertz CT molecular complexity index is 3120. The average Bonchev–Trinajstić information content (AvgIpc) is 4.20. The van der Waals surface area contributed by atoms with Crippen LogP contribution < -0.4 is 15.1 Å². The number of anilines is 2. The Hall–Kier alpha value is -6.67. The lowest BCUT2D eigenvalue weighted by Gasteiger charge is -2.34. The molecule has 5 N–H and O–H groups in total. The second kappa shape index (κ2) is 18.1. The summed E-state index contributed by atoms with van der Waals surface area (Å²) in [6, 6.07) is 30.7. The first-order valence-electron chi connectivity index (χ1n) is 23.3. The molecule has 0 spiro atoms. The molecule has 0 unspecified atom stereocenters. The number of benzene rings is 4. The highest BCUT2D eigenvalue weighted by molar-refractivity contribution is 6.02. The molecule has 0 amide bonds. The number of hydrogen-bond acceptors (Lipinski definition) is 8. The Morgan fingerprint density at radius 2 is 1.08 bits per heavy atom. The highest BCUT2D eigenvalue weighted by Gasteiger charge is 2.21. The van der Waals surface area contributed by atoms with Gasteiger partial charge >= 0.3 is 0 Å². The largest absolute Gasteiger partial charge is 0.368 e. The van der Waals surface area contributed by atoms with E-state index in [9.17, 15) is 0 Å². The predicted octanol–water partition coefficient (Wildman–Crippen LogP) is 9.04. The molecule has 0 bridgehead atoms. The average molecular weight is 868 g/mol. The van der Waals surface area contributed by atoms with E-state index in [0.717, 1.165) is 134 Å². The number of rotatable bonds is 6.